The van der Waals surface area contributed by atoms with E-state index in [1.807, 2.05) is 91.9 Å². The summed E-state index contributed by atoms with van der Waals surface area (Å²) in [5.41, 5.74) is -1.14. The van der Waals surface area contributed by atoms with Gasteiger partial charge in [-0.3, -0.25) is 27.7 Å². The number of carbonyl (C=O) groups is 2. The Morgan fingerprint density at radius 3 is 2.19 bits per heavy atom. The third kappa shape index (κ3) is 6.58. The number of phosphoric ester groups is 1. The van der Waals surface area contributed by atoms with Crippen LogP contribution in [0.25, 0.3) is 0 Å². The number of methoxy groups -OCH3 is 1. The van der Waals surface area contributed by atoms with Crippen LogP contribution in [0.3, 0.4) is 0 Å². The highest BCUT2D eigenvalue weighted by atomic mass is 32.2. The number of ether oxygens (including phenoxy) is 3. The highest BCUT2D eigenvalue weighted by Crippen LogP contribution is 2.76. The maximum atomic E-state index is 13.8. The molecule has 1 aromatic heterocycles. The van der Waals surface area contributed by atoms with Crippen molar-refractivity contribution in [3.05, 3.63) is 124 Å². The number of hydrogen-bond acceptors (Lipinski definition) is 13. The number of nitrogens with zero attached hydrogens (tertiary/aromatic N) is 2. The molecule has 1 N–H and O–H groups in total. The van der Waals surface area contributed by atoms with Gasteiger partial charge in [0.15, 0.2) is 0 Å². The lowest BCUT2D eigenvalue weighted by atomic mass is 9.77. The Bertz CT molecular complexity index is 2080. The van der Waals surface area contributed by atoms with E-state index in [4.69, 9.17) is 27.8 Å². The predicted octanol–water partition coefficient (Wildman–Crippen LogP) is 6.33. The number of nitrogens with one attached hydrogen (secondary N) is 1. The number of benzene rings is 3. The van der Waals surface area contributed by atoms with E-state index in [0.29, 0.717) is 11.6 Å². The van der Waals surface area contributed by atoms with Gasteiger partial charge in [0.2, 0.25) is 5.12 Å². The molecule has 3 fully saturated rings. The zero-order valence-corrected chi connectivity index (χ0v) is 32.2. The fourth-order valence-corrected chi connectivity index (χ4v) is 9.92. The van der Waals surface area contributed by atoms with Gasteiger partial charge in [-0.1, -0.05) is 91.5 Å². The smallest absolute Gasteiger partial charge is 0.476 e. The molecule has 3 aliphatic rings. The van der Waals surface area contributed by atoms with Gasteiger partial charge in [-0.25, -0.2) is 9.36 Å². The lowest BCUT2D eigenvalue weighted by Crippen LogP contribution is -2.40. The number of esters is 1. The first-order chi connectivity index (χ1) is 25.9. The molecule has 0 amide bonds. The third-order valence-electron chi connectivity index (χ3n) is 10.2. The summed E-state index contributed by atoms with van der Waals surface area (Å²) in [6.45, 7) is 6.54. The van der Waals surface area contributed by atoms with E-state index in [-0.39, 0.29) is 19.0 Å². The van der Waals surface area contributed by atoms with Gasteiger partial charge < -0.3 is 19.5 Å². The highest BCUT2D eigenvalue weighted by molar-refractivity contribution is 8.13. The third-order valence-corrected chi connectivity index (χ3v) is 12.9. The van der Waals surface area contributed by atoms with Crippen molar-refractivity contribution >= 4 is 36.5 Å². The molecule has 15 heteroatoms. The van der Waals surface area contributed by atoms with E-state index in [2.05, 4.69) is 10.3 Å². The van der Waals surface area contributed by atoms with Crippen molar-refractivity contribution in [2.45, 2.75) is 57.3 Å². The van der Waals surface area contributed by atoms with Gasteiger partial charge in [-0.2, -0.15) is 4.98 Å². The van der Waals surface area contributed by atoms with Crippen LogP contribution in [0.4, 0.5) is 5.82 Å². The first-order valence-corrected chi connectivity index (χ1v) is 20.1. The lowest BCUT2D eigenvalue weighted by molar-refractivity contribution is -0.155. The molecule has 7 rings (SSSR count). The first kappa shape index (κ1) is 38.0. The van der Waals surface area contributed by atoms with Crippen LogP contribution in [-0.4, -0.2) is 64.5 Å². The van der Waals surface area contributed by atoms with Crippen molar-refractivity contribution in [2.24, 2.45) is 11.3 Å². The molecule has 2 saturated heterocycles. The van der Waals surface area contributed by atoms with Gasteiger partial charge in [-0.15, -0.1) is 0 Å². The van der Waals surface area contributed by atoms with Crippen LogP contribution in [-0.2, 0) is 42.7 Å². The molecule has 284 valence electrons. The molecule has 3 aromatic carbocycles. The summed E-state index contributed by atoms with van der Waals surface area (Å²) < 4.78 is 48.8. The van der Waals surface area contributed by atoms with E-state index in [1.165, 1.54) is 18.4 Å². The first-order valence-electron chi connectivity index (χ1n) is 17.7. The summed E-state index contributed by atoms with van der Waals surface area (Å²) in [4.78, 5) is 43.0. The molecule has 3 heterocycles. The van der Waals surface area contributed by atoms with Crippen LogP contribution in [0.1, 0.15) is 50.6 Å². The van der Waals surface area contributed by atoms with Crippen molar-refractivity contribution in [3.63, 3.8) is 0 Å². The Labute approximate surface area is 317 Å². The van der Waals surface area contributed by atoms with Crippen LogP contribution in [0.15, 0.2) is 102 Å². The van der Waals surface area contributed by atoms with E-state index < -0.39 is 65.5 Å². The topological polar surface area (TPSA) is 154 Å². The summed E-state index contributed by atoms with van der Waals surface area (Å²) in [7, 11) is -2.38. The Morgan fingerprint density at radius 2 is 1.59 bits per heavy atom. The maximum Gasteiger partial charge on any atom is 0.476 e. The minimum atomic E-state index is -4.00. The summed E-state index contributed by atoms with van der Waals surface area (Å²) >= 11 is 0.874. The number of phosphoric acid groups is 1. The fourth-order valence-electron chi connectivity index (χ4n) is 7.21. The molecular weight excluding hydrogens is 733 g/mol. The largest absolute Gasteiger partial charge is 0.497 e. The number of hydrogen-bond donors (Lipinski definition) is 1. The predicted molar refractivity (Wildman–Crippen MR) is 201 cm³/mol. The lowest BCUT2D eigenvalue weighted by Gasteiger charge is -2.37. The van der Waals surface area contributed by atoms with Crippen LogP contribution in [0.2, 0.25) is 0 Å². The monoisotopic (exact) mass is 775 g/mol. The molecule has 0 bridgehead atoms. The van der Waals surface area contributed by atoms with Crippen molar-refractivity contribution in [2.75, 3.05) is 31.4 Å². The standard InChI is InChI=1S/C39H42N3O10PS/c1-6-48-34(43)37(3,4)35(44)54-24-23-49-53(46)51-32-31-39(32,52-53)25(2)33(50-31)42-22-21-30(40-36(42)45)41-38(26-13-9-7-10-14-26,27-15-11-8-12-16-27)28-17-19-29(47-5)20-18-28/h7-22,25,31-33H,6,23-24H2,1-5H3,(H,40,41,45). The zero-order valence-electron chi connectivity index (χ0n) is 30.5. The van der Waals surface area contributed by atoms with Crippen LogP contribution in [0.5, 0.6) is 5.75 Å². The van der Waals surface area contributed by atoms with Crippen molar-refractivity contribution < 1.29 is 41.9 Å². The van der Waals surface area contributed by atoms with E-state index in [0.717, 1.165) is 28.5 Å². The second-order valence-corrected chi connectivity index (χ2v) is 16.4. The maximum absolute atomic E-state index is 13.8. The minimum absolute atomic E-state index is 0.115. The van der Waals surface area contributed by atoms with Gasteiger partial charge in [-0.05, 0) is 55.7 Å². The van der Waals surface area contributed by atoms with Crippen molar-refractivity contribution in [1.82, 2.24) is 9.55 Å². The van der Waals surface area contributed by atoms with Gasteiger partial charge in [0.05, 0.1) is 20.3 Å². The summed E-state index contributed by atoms with van der Waals surface area (Å²) in [5, 5.41) is 3.22. The van der Waals surface area contributed by atoms with Crippen LogP contribution in [0, 0.1) is 11.3 Å². The number of carbonyl (C=O) groups excluding carboxylic acids is 2. The van der Waals surface area contributed by atoms with Crippen molar-refractivity contribution in [3.8, 4) is 5.75 Å². The molecule has 4 aromatic rings. The number of fused-ring (bicyclic) bond motifs is 1. The van der Waals surface area contributed by atoms with E-state index in [1.54, 1.807) is 26.3 Å². The second-order valence-electron chi connectivity index (χ2n) is 13.8. The van der Waals surface area contributed by atoms with Gasteiger partial charge in [0.25, 0.3) is 0 Å². The molecule has 1 aliphatic carbocycles. The average molecular weight is 776 g/mol. The fraction of sp³-hybridized carbons (Fsp3) is 0.385. The number of aromatic nitrogens is 2. The van der Waals surface area contributed by atoms with Crippen molar-refractivity contribution in [1.29, 1.82) is 0 Å². The minimum Gasteiger partial charge on any atom is -0.497 e. The normalized spacial score (nSPS) is 25.7. The molecule has 0 radical (unpaired) electrons. The molecule has 2 aliphatic heterocycles. The SMILES string of the molecule is CCOC(=O)C(C)(C)C(=O)SCCOP1(=O)OC2C3OC(n4ccc(NC(c5ccccc5)(c5ccccc5)c5ccc(OC)cc5)nc4=O)C(C)C32O1. The van der Waals surface area contributed by atoms with Gasteiger partial charge >= 0.3 is 19.5 Å². The quantitative estimate of drug-likeness (QED) is 0.0500. The van der Waals surface area contributed by atoms with Crippen LogP contribution < -0.4 is 15.7 Å². The van der Waals surface area contributed by atoms with Gasteiger partial charge in [0, 0.05) is 17.9 Å². The highest BCUT2D eigenvalue weighted by Gasteiger charge is 2.85. The molecule has 54 heavy (non-hydrogen) atoms. The van der Waals surface area contributed by atoms with Crippen LogP contribution >= 0.6 is 19.6 Å². The molecule has 13 nitrogen and oxygen atoms in total. The second kappa shape index (κ2) is 14.7. The van der Waals surface area contributed by atoms with E-state index >= 15 is 0 Å². The Kier molecular flexibility index (Phi) is 10.4. The number of anilines is 1. The molecule has 1 spiro atoms. The van der Waals surface area contributed by atoms with Gasteiger partial charge in [0.1, 0.15) is 46.6 Å². The molecule has 1 saturated carbocycles. The Hall–Kier alpha value is -4.30. The Balaban J connectivity index is 1.07. The summed E-state index contributed by atoms with van der Waals surface area (Å²) in [6.07, 6.45) is -0.350. The molecular formula is C39H42N3O10PS. The average Bonchev–Trinajstić information content (AvgIpc) is 3.44. The number of rotatable bonds is 14. The zero-order chi connectivity index (χ0) is 38.3. The summed E-state index contributed by atoms with van der Waals surface area (Å²) in [5.74, 6) is 0.0894. The van der Waals surface area contributed by atoms with E-state index in [9.17, 15) is 18.9 Å². The number of thioether (sulfide) groups is 1. The Morgan fingerprint density at radius 1 is 0.963 bits per heavy atom. The molecule has 6 atom stereocenters. The molecule has 6 unspecified atom stereocenters. The summed E-state index contributed by atoms with van der Waals surface area (Å²) in [6, 6.07) is 29.4.